The minimum atomic E-state index is -4.34. The Morgan fingerprint density at radius 3 is 2.46 bits per heavy atom. The highest BCUT2D eigenvalue weighted by Gasteiger charge is 2.28. The Labute approximate surface area is 159 Å². The number of nitro groups is 1. The predicted molar refractivity (Wildman–Crippen MR) is 91.6 cm³/mol. The topological polar surface area (TPSA) is 75.9 Å². The molecule has 0 atom stereocenters. The molecule has 28 heavy (non-hydrogen) atoms. The van der Waals surface area contributed by atoms with Gasteiger partial charge in [-0.3, -0.25) is 19.8 Å². The van der Waals surface area contributed by atoms with Crippen LogP contribution in [-0.2, 0) is 4.74 Å². The molecule has 1 aromatic carbocycles. The van der Waals surface area contributed by atoms with Crippen molar-refractivity contribution in [3.8, 4) is 0 Å². The predicted octanol–water partition coefficient (Wildman–Crippen LogP) is 2.77. The molecule has 1 heterocycles. The zero-order chi connectivity index (χ0) is 20.9. The fourth-order valence-electron chi connectivity index (χ4n) is 2.91. The van der Waals surface area contributed by atoms with Crippen molar-refractivity contribution >= 4 is 11.6 Å². The Hall–Kier alpha value is -2.27. The smallest absolute Gasteiger partial charge is 0.372 e. The molecule has 0 saturated carbocycles. The largest absolute Gasteiger partial charge is 0.411 e. The van der Waals surface area contributed by atoms with Crippen LogP contribution in [0.3, 0.4) is 0 Å². The first-order valence-electron chi connectivity index (χ1n) is 8.69. The number of carbonyl (C=O) groups is 1. The van der Waals surface area contributed by atoms with E-state index in [1.54, 1.807) is 0 Å². The van der Waals surface area contributed by atoms with Gasteiger partial charge in [-0.25, -0.2) is 4.39 Å². The van der Waals surface area contributed by atoms with Crippen molar-refractivity contribution in [2.45, 2.75) is 19.5 Å². The number of carbonyl (C=O) groups excluding carboxylic acids is 1. The summed E-state index contributed by atoms with van der Waals surface area (Å²) in [5.41, 5.74) is -0.649. The number of piperazine rings is 1. The molecule has 0 aromatic heterocycles. The second-order valence-corrected chi connectivity index (χ2v) is 6.51. The van der Waals surface area contributed by atoms with E-state index in [9.17, 15) is 32.5 Å². The number of benzene rings is 1. The number of alkyl halides is 3. The third kappa shape index (κ3) is 6.13. The molecule has 0 spiro atoms. The molecule has 1 saturated heterocycles. The van der Waals surface area contributed by atoms with Gasteiger partial charge in [0, 0.05) is 51.0 Å². The Morgan fingerprint density at radius 1 is 1.25 bits per heavy atom. The average Bonchev–Trinajstić information content (AvgIpc) is 2.62. The van der Waals surface area contributed by atoms with Gasteiger partial charge in [-0.15, -0.1) is 0 Å². The molecule has 2 rings (SSSR count). The second kappa shape index (κ2) is 9.28. The average molecular weight is 407 g/mol. The lowest BCUT2D eigenvalue weighted by Gasteiger charge is -2.34. The summed E-state index contributed by atoms with van der Waals surface area (Å²) >= 11 is 0. The summed E-state index contributed by atoms with van der Waals surface area (Å²) in [6.07, 6.45) is -3.91. The lowest BCUT2D eigenvalue weighted by molar-refractivity contribution is -0.385. The summed E-state index contributed by atoms with van der Waals surface area (Å²) in [6.45, 7) is 2.21. The maximum Gasteiger partial charge on any atom is 0.411 e. The number of hydrogen-bond acceptors (Lipinski definition) is 5. The molecule has 7 nitrogen and oxygen atoms in total. The highest BCUT2D eigenvalue weighted by molar-refractivity contribution is 5.95. The number of rotatable bonds is 7. The van der Waals surface area contributed by atoms with Gasteiger partial charge in [0.05, 0.1) is 10.5 Å². The zero-order valence-electron chi connectivity index (χ0n) is 15.3. The molecule has 1 aliphatic heterocycles. The maximum atomic E-state index is 13.9. The van der Waals surface area contributed by atoms with Gasteiger partial charge in [0.15, 0.2) is 0 Å². The summed E-state index contributed by atoms with van der Waals surface area (Å²) in [5.74, 6) is -1.30. The number of nitrogens with zero attached hydrogens (tertiary/aromatic N) is 3. The first-order chi connectivity index (χ1) is 13.1. The van der Waals surface area contributed by atoms with Crippen LogP contribution in [0.5, 0.6) is 0 Å². The van der Waals surface area contributed by atoms with E-state index in [1.807, 2.05) is 4.90 Å². The first-order valence-corrected chi connectivity index (χ1v) is 8.69. The molecule has 0 N–H and O–H groups in total. The maximum absolute atomic E-state index is 13.9. The van der Waals surface area contributed by atoms with Gasteiger partial charge in [-0.2, -0.15) is 13.2 Å². The lowest BCUT2D eigenvalue weighted by atomic mass is 10.1. The van der Waals surface area contributed by atoms with Crippen molar-refractivity contribution in [2.24, 2.45) is 0 Å². The molecule has 0 unspecified atom stereocenters. The monoisotopic (exact) mass is 407 g/mol. The summed E-state index contributed by atoms with van der Waals surface area (Å²) in [5, 5.41) is 11.0. The zero-order valence-corrected chi connectivity index (χ0v) is 15.3. The number of nitro benzene ring substituents is 1. The fraction of sp³-hybridized carbons (Fsp3) is 0.588. The molecule has 1 fully saturated rings. The summed E-state index contributed by atoms with van der Waals surface area (Å²) < 4.78 is 54.4. The molecule has 0 aliphatic carbocycles. The number of hydrogen-bond donors (Lipinski definition) is 0. The standard InChI is InChI=1S/C17H21F4N3O4/c1-12-14(18)9-13(10-15(12)24(26)27)16(25)23-6-4-22(5-7-23)3-2-8-28-11-17(19,20)21/h9-10H,2-8,11H2,1H3. The van der Waals surface area contributed by atoms with Gasteiger partial charge in [0.25, 0.3) is 11.6 Å². The van der Waals surface area contributed by atoms with Crippen LogP contribution in [0.4, 0.5) is 23.2 Å². The SMILES string of the molecule is Cc1c(F)cc(C(=O)N2CCN(CCCOCC(F)(F)F)CC2)cc1[N+](=O)[O-]. The molecular weight excluding hydrogens is 386 g/mol. The van der Waals surface area contributed by atoms with Crippen LogP contribution >= 0.6 is 0 Å². The molecule has 1 aliphatic rings. The van der Waals surface area contributed by atoms with Gasteiger partial charge in [-0.05, 0) is 19.4 Å². The van der Waals surface area contributed by atoms with Crippen molar-refractivity contribution in [1.29, 1.82) is 0 Å². The fourth-order valence-corrected chi connectivity index (χ4v) is 2.91. The van der Waals surface area contributed by atoms with Crippen LogP contribution in [0, 0.1) is 22.9 Å². The molecule has 0 bridgehead atoms. The van der Waals surface area contributed by atoms with Crippen LogP contribution in [0.2, 0.25) is 0 Å². The molecular formula is C17H21F4N3O4. The third-order valence-electron chi connectivity index (χ3n) is 4.45. The summed E-state index contributed by atoms with van der Waals surface area (Å²) in [7, 11) is 0. The van der Waals surface area contributed by atoms with Crippen LogP contribution < -0.4 is 0 Å². The Balaban J connectivity index is 1.83. The van der Waals surface area contributed by atoms with Gasteiger partial charge in [-0.1, -0.05) is 0 Å². The molecule has 1 amide bonds. The minimum Gasteiger partial charge on any atom is -0.372 e. The van der Waals surface area contributed by atoms with Crippen molar-refractivity contribution in [2.75, 3.05) is 45.9 Å². The molecule has 11 heteroatoms. The summed E-state index contributed by atoms with van der Waals surface area (Å²) in [4.78, 5) is 26.3. The number of halogens is 4. The van der Waals surface area contributed by atoms with Crippen LogP contribution in [-0.4, -0.2) is 72.7 Å². The van der Waals surface area contributed by atoms with E-state index < -0.39 is 35.1 Å². The van der Waals surface area contributed by atoms with E-state index in [-0.39, 0.29) is 17.7 Å². The van der Waals surface area contributed by atoms with E-state index in [0.29, 0.717) is 39.1 Å². The Bertz CT molecular complexity index is 719. The highest BCUT2D eigenvalue weighted by atomic mass is 19.4. The van der Waals surface area contributed by atoms with E-state index in [2.05, 4.69) is 4.74 Å². The quantitative estimate of drug-likeness (QED) is 0.301. The van der Waals surface area contributed by atoms with Gasteiger partial charge in [0.1, 0.15) is 12.4 Å². The van der Waals surface area contributed by atoms with E-state index >= 15 is 0 Å². The Kier molecular flexibility index (Phi) is 7.30. The Morgan fingerprint density at radius 2 is 1.89 bits per heavy atom. The molecule has 156 valence electrons. The summed E-state index contributed by atoms with van der Waals surface area (Å²) in [6, 6.07) is 2.07. The van der Waals surface area contributed by atoms with Crippen molar-refractivity contribution in [1.82, 2.24) is 9.80 Å². The van der Waals surface area contributed by atoms with Crippen molar-refractivity contribution < 1.29 is 32.0 Å². The lowest BCUT2D eigenvalue weighted by Crippen LogP contribution is -2.49. The van der Waals surface area contributed by atoms with Crippen LogP contribution in [0.15, 0.2) is 12.1 Å². The van der Waals surface area contributed by atoms with E-state index in [1.165, 1.54) is 11.8 Å². The normalized spacial score (nSPS) is 15.7. The second-order valence-electron chi connectivity index (χ2n) is 6.51. The van der Waals surface area contributed by atoms with Crippen LogP contribution in [0.1, 0.15) is 22.3 Å². The minimum absolute atomic E-state index is 0.00896. The van der Waals surface area contributed by atoms with Crippen molar-refractivity contribution in [3.05, 3.63) is 39.2 Å². The van der Waals surface area contributed by atoms with E-state index in [0.717, 1.165) is 12.1 Å². The van der Waals surface area contributed by atoms with E-state index in [4.69, 9.17) is 0 Å². The van der Waals surface area contributed by atoms with Gasteiger partial charge < -0.3 is 9.64 Å². The molecule has 1 aromatic rings. The first kappa shape index (κ1) is 22.0. The van der Waals surface area contributed by atoms with Gasteiger partial charge >= 0.3 is 6.18 Å². The van der Waals surface area contributed by atoms with Crippen molar-refractivity contribution in [3.63, 3.8) is 0 Å². The molecule has 0 radical (unpaired) electrons. The number of amides is 1. The number of ether oxygens (including phenoxy) is 1. The van der Waals surface area contributed by atoms with Gasteiger partial charge in [0.2, 0.25) is 0 Å². The third-order valence-corrected chi connectivity index (χ3v) is 4.45. The van der Waals surface area contributed by atoms with Crippen LogP contribution in [0.25, 0.3) is 0 Å². The highest BCUT2D eigenvalue weighted by Crippen LogP contribution is 2.24.